The first kappa shape index (κ1) is 15.6. The van der Waals surface area contributed by atoms with E-state index >= 15 is 0 Å². The molecule has 8 heteroatoms. The van der Waals surface area contributed by atoms with Crippen LogP contribution in [-0.4, -0.2) is 83.3 Å². The fourth-order valence-corrected chi connectivity index (χ4v) is 3.53. The van der Waals surface area contributed by atoms with Crippen molar-refractivity contribution < 1.29 is 24.8 Å². The van der Waals surface area contributed by atoms with Crippen LogP contribution in [-0.2, 0) is 9.47 Å². The predicted octanol–water partition coefficient (Wildman–Crippen LogP) is -3.14. The standard InChI is InChI=1S/C13H25N3O5/c1-13(19)4-20-12(9(18)11(13)15-2)21-10-5(14)3-6-7(16-6)8(10)17/h5-12,15-19H,3-4,14H2,1-2H3/t5-,6+,7?,8?,9?,10?,11?,12?,13+/m1/s1. The lowest BCUT2D eigenvalue weighted by Crippen LogP contribution is -2.66. The second kappa shape index (κ2) is 5.39. The normalized spacial score (nSPS) is 56.9. The average molecular weight is 303 g/mol. The number of nitrogens with two attached hydrogens (primary N) is 1. The van der Waals surface area contributed by atoms with E-state index in [4.69, 9.17) is 15.2 Å². The summed E-state index contributed by atoms with van der Waals surface area (Å²) in [6.45, 7) is 1.62. The molecule has 122 valence electrons. The van der Waals surface area contributed by atoms with E-state index in [1.807, 2.05) is 0 Å². The van der Waals surface area contributed by atoms with Crippen molar-refractivity contribution in [3.63, 3.8) is 0 Å². The molecule has 7 N–H and O–H groups in total. The highest BCUT2D eigenvalue weighted by atomic mass is 16.7. The van der Waals surface area contributed by atoms with Gasteiger partial charge in [-0.2, -0.15) is 0 Å². The van der Waals surface area contributed by atoms with Crippen molar-refractivity contribution in [2.75, 3.05) is 13.7 Å². The lowest BCUT2D eigenvalue weighted by atomic mass is 9.88. The van der Waals surface area contributed by atoms with Crippen LogP contribution in [0.5, 0.6) is 0 Å². The molecule has 0 aromatic rings. The summed E-state index contributed by atoms with van der Waals surface area (Å²) < 4.78 is 11.2. The van der Waals surface area contributed by atoms with Crippen molar-refractivity contribution in [3.8, 4) is 0 Å². The molecule has 6 unspecified atom stereocenters. The monoisotopic (exact) mass is 303 g/mol. The zero-order valence-electron chi connectivity index (χ0n) is 12.3. The van der Waals surface area contributed by atoms with E-state index in [-0.39, 0.29) is 24.7 Å². The van der Waals surface area contributed by atoms with Gasteiger partial charge >= 0.3 is 0 Å². The highest BCUT2D eigenvalue weighted by molar-refractivity contribution is 5.13. The van der Waals surface area contributed by atoms with Gasteiger partial charge in [0.05, 0.1) is 24.8 Å². The second-order valence-electron chi connectivity index (χ2n) is 6.58. The Kier molecular flexibility index (Phi) is 4.00. The molecule has 3 fully saturated rings. The van der Waals surface area contributed by atoms with E-state index in [1.165, 1.54) is 0 Å². The Labute approximate surface area is 123 Å². The number of hydrogen-bond acceptors (Lipinski definition) is 8. The molecule has 2 heterocycles. The van der Waals surface area contributed by atoms with E-state index in [1.54, 1.807) is 14.0 Å². The third-order valence-corrected chi connectivity index (χ3v) is 4.82. The Morgan fingerprint density at radius 3 is 2.76 bits per heavy atom. The molecule has 0 aromatic heterocycles. The largest absolute Gasteiger partial charge is 0.389 e. The van der Waals surface area contributed by atoms with E-state index < -0.39 is 36.2 Å². The first-order valence-corrected chi connectivity index (χ1v) is 7.39. The minimum Gasteiger partial charge on any atom is -0.389 e. The van der Waals surface area contributed by atoms with Crippen LogP contribution in [0, 0.1) is 0 Å². The van der Waals surface area contributed by atoms with Gasteiger partial charge in [0.1, 0.15) is 17.8 Å². The number of fused-ring (bicyclic) bond motifs is 1. The van der Waals surface area contributed by atoms with Gasteiger partial charge < -0.3 is 41.2 Å². The van der Waals surface area contributed by atoms with Crippen molar-refractivity contribution in [1.29, 1.82) is 0 Å². The van der Waals surface area contributed by atoms with Crippen molar-refractivity contribution in [3.05, 3.63) is 0 Å². The lowest BCUT2D eigenvalue weighted by Gasteiger charge is -2.45. The van der Waals surface area contributed by atoms with Crippen LogP contribution in [0.25, 0.3) is 0 Å². The molecule has 9 atom stereocenters. The fourth-order valence-electron chi connectivity index (χ4n) is 3.53. The van der Waals surface area contributed by atoms with Gasteiger partial charge in [-0.05, 0) is 20.4 Å². The molecule has 2 aliphatic heterocycles. The lowest BCUT2D eigenvalue weighted by molar-refractivity contribution is -0.290. The molecule has 8 nitrogen and oxygen atoms in total. The summed E-state index contributed by atoms with van der Waals surface area (Å²) in [5.74, 6) is 0. The number of ether oxygens (including phenoxy) is 2. The summed E-state index contributed by atoms with van der Waals surface area (Å²) in [6, 6.07) is -0.626. The van der Waals surface area contributed by atoms with Crippen LogP contribution < -0.4 is 16.4 Å². The molecule has 2 saturated heterocycles. The number of nitrogens with one attached hydrogen (secondary N) is 2. The van der Waals surface area contributed by atoms with Crippen molar-refractivity contribution in [2.24, 2.45) is 5.73 Å². The van der Waals surface area contributed by atoms with Crippen LogP contribution in [0.1, 0.15) is 13.3 Å². The molecular formula is C13H25N3O5. The zero-order chi connectivity index (χ0) is 15.4. The highest BCUT2D eigenvalue weighted by Gasteiger charge is 2.54. The highest BCUT2D eigenvalue weighted by Crippen LogP contribution is 2.33. The maximum Gasteiger partial charge on any atom is 0.185 e. The summed E-state index contributed by atoms with van der Waals surface area (Å²) in [5, 5.41) is 36.8. The molecule has 1 aliphatic carbocycles. The van der Waals surface area contributed by atoms with Gasteiger partial charge in [0, 0.05) is 12.1 Å². The van der Waals surface area contributed by atoms with Crippen LogP contribution in [0.4, 0.5) is 0 Å². The fraction of sp³-hybridized carbons (Fsp3) is 1.00. The van der Waals surface area contributed by atoms with Gasteiger partial charge in [0.25, 0.3) is 0 Å². The maximum absolute atomic E-state index is 10.3. The van der Waals surface area contributed by atoms with E-state index in [0.717, 1.165) is 6.42 Å². The predicted molar refractivity (Wildman–Crippen MR) is 73.4 cm³/mol. The van der Waals surface area contributed by atoms with Crippen molar-refractivity contribution in [2.45, 2.75) is 67.7 Å². The third kappa shape index (κ3) is 2.71. The Morgan fingerprint density at radius 2 is 2.10 bits per heavy atom. The van der Waals surface area contributed by atoms with Crippen LogP contribution >= 0.6 is 0 Å². The quantitative estimate of drug-likeness (QED) is 0.301. The van der Waals surface area contributed by atoms with Gasteiger partial charge in [-0.1, -0.05) is 0 Å². The first-order chi connectivity index (χ1) is 9.85. The molecule has 0 amide bonds. The molecule has 0 radical (unpaired) electrons. The maximum atomic E-state index is 10.3. The minimum atomic E-state index is -1.19. The van der Waals surface area contributed by atoms with Gasteiger partial charge in [-0.25, -0.2) is 0 Å². The molecule has 0 spiro atoms. The first-order valence-electron chi connectivity index (χ1n) is 7.39. The molecule has 1 saturated carbocycles. The average Bonchev–Trinajstić information content (AvgIpc) is 3.16. The van der Waals surface area contributed by atoms with Crippen LogP contribution in [0.15, 0.2) is 0 Å². The smallest absolute Gasteiger partial charge is 0.185 e. The number of aliphatic hydroxyl groups is 3. The topological polar surface area (TPSA) is 139 Å². The number of aliphatic hydroxyl groups excluding tert-OH is 2. The van der Waals surface area contributed by atoms with Crippen molar-refractivity contribution in [1.82, 2.24) is 10.6 Å². The summed E-state index contributed by atoms with van der Waals surface area (Å²) in [6.07, 6.45) is -2.57. The van der Waals surface area contributed by atoms with Gasteiger partial charge in [0.2, 0.25) is 0 Å². The van der Waals surface area contributed by atoms with E-state index in [9.17, 15) is 15.3 Å². The minimum absolute atomic E-state index is 0.0127. The number of hydrogen-bond donors (Lipinski definition) is 6. The van der Waals surface area contributed by atoms with Crippen molar-refractivity contribution >= 4 is 0 Å². The van der Waals surface area contributed by atoms with E-state index in [0.29, 0.717) is 0 Å². The van der Waals surface area contributed by atoms with Crippen LogP contribution in [0.2, 0.25) is 0 Å². The van der Waals surface area contributed by atoms with Gasteiger partial charge in [-0.3, -0.25) is 0 Å². The molecular weight excluding hydrogens is 278 g/mol. The summed E-state index contributed by atoms with van der Waals surface area (Å²) in [4.78, 5) is 0. The van der Waals surface area contributed by atoms with Gasteiger partial charge in [0.15, 0.2) is 6.29 Å². The molecule has 21 heavy (non-hydrogen) atoms. The summed E-state index contributed by atoms with van der Waals surface area (Å²) in [7, 11) is 1.66. The Bertz CT molecular complexity index is 396. The summed E-state index contributed by atoms with van der Waals surface area (Å²) >= 11 is 0. The Balaban J connectivity index is 1.67. The van der Waals surface area contributed by atoms with E-state index in [2.05, 4.69) is 10.6 Å². The Morgan fingerprint density at radius 1 is 1.38 bits per heavy atom. The molecule has 0 bridgehead atoms. The number of rotatable bonds is 3. The number of likely N-dealkylation sites (N-methyl/N-ethyl adjacent to an activating group) is 1. The van der Waals surface area contributed by atoms with Gasteiger partial charge in [-0.15, -0.1) is 0 Å². The molecule has 0 aromatic carbocycles. The zero-order valence-corrected chi connectivity index (χ0v) is 12.3. The van der Waals surface area contributed by atoms with Crippen LogP contribution in [0.3, 0.4) is 0 Å². The second-order valence-corrected chi connectivity index (χ2v) is 6.58. The third-order valence-electron chi connectivity index (χ3n) is 4.82. The Hall–Kier alpha value is -0.320. The molecule has 3 rings (SSSR count). The summed E-state index contributed by atoms with van der Waals surface area (Å²) in [5.41, 5.74) is 4.85. The molecule has 3 aliphatic rings. The SMILES string of the molecule is CNC1C(O)C(OC2C(O)C3N[C@H]3C[C@H]2N)OC[C@]1(C)O.